The van der Waals surface area contributed by atoms with Crippen molar-refractivity contribution >= 4 is 11.6 Å². The molecule has 1 aliphatic carbocycles. The Morgan fingerprint density at radius 2 is 1.42 bits per heavy atom. The maximum Gasteiger partial charge on any atom is 0.119 e. The second kappa shape index (κ2) is 15.1. The van der Waals surface area contributed by atoms with Crippen LogP contribution in [0.5, 0.6) is 5.75 Å². The second-order valence-corrected chi connectivity index (χ2v) is 14.3. The van der Waals surface area contributed by atoms with Crippen LogP contribution in [0, 0.1) is 6.92 Å². The van der Waals surface area contributed by atoms with E-state index in [1.165, 1.54) is 101 Å². The second-order valence-electron chi connectivity index (χ2n) is 13.9. The number of likely N-dealkylation sites (tertiary alicyclic amines) is 1. The van der Waals surface area contributed by atoms with Gasteiger partial charge >= 0.3 is 0 Å². The van der Waals surface area contributed by atoms with E-state index in [0.29, 0.717) is 5.92 Å². The number of rotatable bonds is 9. The van der Waals surface area contributed by atoms with Gasteiger partial charge in [0.1, 0.15) is 5.75 Å². The van der Waals surface area contributed by atoms with Crippen molar-refractivity contribution in [1.82, 2.24) is 9.88 Å². The molecule has 2 heterocycles. The number of benzene rings is 4. The summed E-state index contributed by atoms with van der Waals surface area (Å²) in [4.78, 5) is 7.55. The lowest BCUT2D eigenvalue weighted by molar-refractivity contribution is 0.221. The molecular formula is C44H47ClN2O. The number of hydrogen-bond acceptors (Lipinski definition) is 3. The van der Waals surface area contributed by atoms with Crippen molar-refractivity contribution in [3.05, 3.63) is 130 Å². The highest BCUT2D eigenvalue weighted by atomic mass is 35.5. The fourth-order valence-corrected chi connectivity index (χ4v) is 8.23. The van der Waals surface area contributed by atoms with Gasteiger partial charge in [-0.05, 0) is 132 Å². The summed E-state index contributed by atoms with van der Waals surface area (Å²) in [5, 5.41) is 0.731. The zero-order chi connectivity index (χ0) is 32.9. The van der Waals surface area contributed by atoms with Crippen LogP contribution in [-0.4, -0.2) is 30.1 Å². The third-order valence-corrected chi connectivity index (χ3v) is 10.8. The lowest BCUT2D eigenvalue weighted by atomic mass is 9.79. The number of pyridine rings is 1. The molecule has 0 spiro atoms. The van der Waals surface area contributed by atoms with Gasteiger partial charge in [-0.1, -0.05) is 104 Å². The average Bonchev–Trinajstić information content (AvgIpc) is 3.13. The number of nitrogens with zero attached hydrogens (tertiary/aromatic N) is 2. The normalized spacial score (nSPS) is 15.8. The van der Waals surface area contributed by atoms with Crippen LogP contribution in [0.15, 0.2) is 97.3 Å². The molecule has 0 radical (unpaired) electrons. The number of aromatic nitrogens is 1. The summed E-state index contributed by atoms with van der Waals surface area (Å²) >= 11 is 6.87. The molecule has 4 aromatic carbocycles. The molecule has 246 valence electrons. The molecule has 3 nitrogen and oxygen atoms in total. The van der Waals surface area contributed by atoms with Gasteiger partial charge in [-0.15, -0.1) is 0 Å². The number of ether oxygens (including phenoxy) is 1. The third kappa shape index (κ3) is 7.23. The molecule has 7 rings (SSSR count). The summed E-state index contributed by atoms with van der Waals surface area (Å²) in [5.41, 5.74) is 13.9. The summed E-state index contributed by atoms with van der Waals surface area (Å²) < 4.78 is 5.84. The Bertz CT molecular complexity index is 1850. The van der Waals surface area contributed by atoms with Crippen molar-refractivity contribution in [3.63, 3.8) is 0 Å². The molecule has 0 bridgehead atoms. The molecule has 2 fully saturated rings. The van der Waals surface area contributed by atoms with Gasteiger partial charge in [-0.2, -0.15) is 0 Å². The summed E-state index contributed by atoms with van der Waals surface area (Å²) in [6.07, 6.45) is 15.4. The van der Waals surface area contributed by atoms with Gasteiger partial charge in [-0.3, -0.25) is 9.88 Å². The molecule has 0 amide bonds. The molecule has 4 heteroatoms. The van der Waals surface area contributed by atoms with Crippen LogP contribution in [0.2, 0.25) is 5.02 Å². The fraction of sp³-hybridized carbons (Fsp3) is 0.341. The zero-order valence-corrected chi connectivity index (χ0v) is 29.2. The molecular weight excluding hydrogens is 608 g/mol. The Morgan fingerprint density at radius 1 is 0.708 bits per heavy atom. The van der Waals surface area contributed by atoms with E-state index in [4.69, 9.17) is 21.3 Å². The van der Waals surface area contributed by atoms with E-state index in [1.54, 1.807) is 7.11 Å². The molecule has 1 saturated heterocycles. The first-order valence-corrected chi connectivity index (χ1v) is 18.3. The first kappa shape index (κ1) is 32.6. The standard InChI is InChI=1S/C44H47ClN2O/c1-31-16-19-37(34(24-31)30-47-22-10-5-11-23-47)42-27-36(48-2)18-21-38(42)41-26-35(45)17-20-39(41)44-29-46-28-43(33-14-8-4-9-15-33)40(44)25-32-12-6-3-7-13-32/h3,6-7,12-13,16-21,24,26-29,33H,4-5,8-11,14-15,22-23,25,30H2,1-2H3. The SMILES string of the molecule is COc1ccc(-c2cc(Cl)ccc2-c2cncc(C3CCCCC3)c2Cc2ccccc2)c(-c2ccc(C)cc2CN2CCCCC2)c1. The van der Waals surface area contributed by atoms with Gasteiger partial charge in [0, 0.05) is 29.5 Å². The number of piperidine rings is 1. The Morgan fingerprint density at radius 3 is 2.21 bits per heavy atom. The average molecular weight is 655 g/mol. The van der Waals surface area contributed by atoms with E-state index in [1.807, 2.05) is 6.07 Å². The lowest BCUT2D eigenvalue weighted by Gasteiger charge is -2.28. The third-order valence-electron chi connectivity index (χ3n) is 10.5. The monoisotopic (exact) mass is 654 g/mol. The highest BCUT2D eigenvalue weighted by molar-refractivity contribution is 6.31. The first-order chi connectivity index (χ1) is 23.6. The number of aryl methyl sites for hydroxylation is 1. The minimum absolute atomic E-state index is 0.544. The highest BCUT2D eigenvalue weighted by Crippen LogP contribution is 2.45. The molecule has 1 aliphatic heterocycles. The summed E-state index contributed by atoms with van der Waals surface area (Å²) in [6, 6.07) is 30.8. The summed E-state index contributed by atoms with van der Waals surface area (Å²) in [5.74, 6) is 1.40. The highest BCUT2D eigenvalue weighted by Gasteiger charge is 2.24. The lowest BCUT2D eigenvalue weighted by Crippen LogP contribution is -2.29. The predicted octanol–water partition coefficient (Wildman–Crippen LogP) is 11.7. The van der Waals surface area contributed by atoms with Crippen LogP contribution in [0.25, 0.3) is 33.4 Å². The van der Waals surface area contributed by atoms with E-state index in [2.05, 4.69) is 103 Å². The van der Waals surface area contributed by atoms with E-state index in [-0.39, 0.29) is 0 Å². The van der Waals surface area contributed by atoms with Gasteiger partial charge in [0.25, 0.3) is 0 Å². The Hall–Kier alpha value is -3.92. The summed E-state index contributed by atoms with van der Waals surface area (Å²) in [7, 11) is 1.76. The van der Waals surface area contributed by atoms with Crippen LogP contribution >= 0.6 is 11.6 Å². The topological polar surface area (TPSA) is 25.4 Å². The molecule has 5 aromatic rings. The van der Waals surface area contributed by atoms with E-state index in [9.17, 15) is 0 Å². The molecule has 0 atom stereocenters. The van der Waals surface area contributed by atoms with Crippen molar-refractivity contribution in [2.24, 2.45) is 0 Å². The molecule has 48 heavy (non-hydrogen) atoms. The van der Waals surface area contributed by atoms with E-state index in [0.717, 1.165) is 48.0 Å². The maximum absolute atomic E-state index is 6.87. The molecule has 0 unspecified atom stereocenters. The predicted molar refractivity (Wildman–Crippen MR) is 201 cm³/mol. The Labute approximate surface area is 292 Å². The molecule has 2 aliphatic rings. The molecule has 1 aromatic heterocycles. The van der Waals surface area contributed by atoms with Gasteiger partial charge in [0.05, 0.1) is 7.11 Å². The van der Waals surface area contributed by atoms with E-state index >= 15 is 0 Å². The molecule has 0 N–H and O–H groups in total. The largest absolute Gasteiger partial charge is 0.497 e. The Kier molecular flexibility index (Phi) is 10.3. The van der Waals surface area contributed by atoms with Crippen molar-refractivity contribution in [2.45, 2.75) is 77.2 Å². The van der Waals surface area contributed by atoms with Gasteiger partial charge in [0.15, 0.2) is 0 Å². The quantitative estimate of drug-likeness (QED) is 0.158. The van der Waals surface area contributed by atoms with Crippen molar-refractivity contribution in [2.75, 3.05) is 20.2 Å². The number of halogens is 1. The van der Waals surface area contributed by atoms with Crippen LogP contribution in [-0.2, 0) is 13.0 Å². The van der Waals surface area contributed by atoms with Crippen molar-refractivity contribution in [3.8, 4) is 39.1 Å². The van der Waals surface area contributed by atoms with Gasteiger partial charge < -0.3 is 4.74 Å². The Balaban J connectivity index is 1.41. The maximum atomic E-state index is 6.87. The smallest absolute Gasteiger partial charge is 0.119 e. The number of methoxy groups -OCH3 is 1. The van der Waals surface area contributed by atoms with Crippen LogP contribution in [0.4, 0.5) is 0 Å². The van der Waals surface area contributed by atoms with Crippen molar-refractivity contribution in [1.29, 1.82) is 0 Å². The zero-order valence-electron chi connectivity index (χ0n) is 28.5. The van der Waals surface area contributed by atoms with Crippen molar-refractivity contribution < 1.29 is 4.74 Å². The minimum Gasteiger partial charge on any atom is -0.497 e. The van der Waals surface area contributed by atoms with Crippen LogP contribution < -0.4 is 4.74 Å². The minimum atomic E-state index is 0.544. The van der Waals surface area contributed by atoms with Gasteiger partial charge in [0.2, 0.25) is 0 Å². The van der Waals surface area contributed by atoms with Crippen LogP contribution in [0.1, 0.15) is 85.1 Å². The number of hydrogen-bond donors (Lipinski definition) is 0. The summed E-state index contributed by atoms with van der Waals surface area (Å²) in [6.45, 7) is 5.47. The fourth-order valence-electron chi connectivity index (χ4n) is 8.05. The first-order valence-electron chi connectivity index (χ1n) is 17.9. The molecule has 1 saturated carbocycles. The van der Waals surface area contributed by atoms with Crippen LogP contribution in [0.3, 0.4) is 0 Å². The van der Waals surface area contributed by atoms with E-state index < -0.39 is 0 Å². The van der Waals surface area contributed by atoms with Gasteiger partial charge in [-0.25, -0.2) is 0 Å².